The number of nitrogens with zero attached hydrogens (tertiary/aromatic N) is 8. The van der Waals surface area contributed by atoms with E-state index >= 15 is 0 Å². The minimum absolute atomic E-state index is 0.466. The highest BCUT2D eigenvalue weighted by Gasteiger charge is 2.57. The molecule has 1 saturated heterocycles. The molecule has 1 saturated carbocycles. The van der Waals surface area contributed by atoms with Crippen molar-refractivity contribution >= 4 is 22.3 Å². The van der Waals surface area contributed by atoms with E-state index in [4.69, 9.17) is 25.3 Å². The highest BCUT2D eigenvalue weighted by Crippen LogP contribution is 2.51. The normalized spacial score (nSPS) is 17.2. The fraction of sp³-hybridized carbons (Fsp3) is 0.188. The van der Waals surface area contributed by atoms with E-state index in [1.54, 1.807) is 10.7 Å². The van der Waals surface area contributed by atoms with Crippen LogP contribution < -0.4 is 10.1 Å². The van der Waals surface area contributed by atoms with Crippen LogP contribution in [0.1, 0.15) is 18.4 Å². The van der Waals surface area contributed by atoms with E-state index in [0.717, 1.165) is 38.9 Å². The molecule has 0 radical (unpaired) electrons. The van der Waals surface area contributed by atoms with Crippen molar-refractivity contribution < 1.29 is 13.9 Å². The number of hydrogen-bond acceptors (Lipinski definition) is 8. The number of fused-ring (bicyclic) bond motifs is 4. The lowest BCUT2D eigenvalue weighted by molar-refractivity contribution is -0.499. The zero-order valence-corrected chi connectivity index (χ0v) is 23.0. The summed E-state index contributed by atoms with van der Waals surface area (Å²) < 4.78 is 17.3. The van der Waals surface area contributed by atoms with Crippen LogP contribution in [-0.4, -0.2) is 53.3 Å². The van der Waals surface area contributed by atoms with Gasteiger partial charge < -0.3 is 15.2 Å². The molecule has 210 valence electrons. The number of pyridine rings is 2. The number of ether oxygens (including phenoxy) is 2. The van der Waals surface area contributed by atoms with Crippen LogP contribution in [0.4, 0.5) is 0 Å². The molecule has 2 fully saturated rings. The van der Waals surface area contributed by atoms with Gasteiger partial charge in [-0.2, -0.15) is 9.38 Å². The topological polar surface area (TPSA) is 122 Å². The second kappa shape index (κ2) is 8.95. The van der Waals surface area contributed by atoms with Gasteiger partial charge in [-0.1, -0.05) is 47.1 Å². The van der Waals surface area contributed by atoms with Crippen molar-refractivity contribution in [3.63, 3.8) is 0 Å². The zero-order valence-electron chi connectivity index (χ0n) is 23.0. The molecular weight excluding hydrogens is 542 g/mol. The summed E-state index contributed by atoms with van der Waals surface area (Å²) in [5.41, 5.74) is 12.0. The number of rotatable bonds is 4. The fourth-order valence-corrected chi connectivity index (χ4v) is 6.41. The Morgan fingerprint density at radius 3 is 2.47 bits per heavy atom. The van der Waals surface area contributed by atoms with Crippen LogP contribution in [0.25, 0.3) is 50.8 Å². The van der Waals surface area contributed by atoms with Crippen LogP contribution >= 0.6 is 0 Å². The van der Waals surface area contributed by atoms with Crippen molar-refractivity contribution in [2.75, 3.05) is 13.2 Å². The van der Waals surface area contributed by atoms with Gasteiger partial charge in [0.25, 0.3) is 17.2 Å². The first-order valence-electron chi connectivity index (χ1n) is 14.2. The summed E-state index contributed by atoms with van der Waals surface area (Å²) in [4.78, 5) is 13.8. The van der Waals surface area contributed by atoms with Gasteiger partial charge in [0.2, 0.25) is 0 Å². The van der Waals surface area contributed by atoms with Crippen molar-refractivity contribution in [1.29, 1.82) is 0 Å². The molecule has 0 unspecified atom stereocenters. The number of benzene rings is 2. The van der Waals surface area contributed by atoms with Crippen molar-refractivity contribution in [2.24, 2.45) is 5.73 Å². The van der Waals surface area contributed by atoms with Gasteiger partial charge in [-0.25, -0.2) is 9.50 Å². The van der Waals surface area contributed by atoms with Crippen LogP contribution in [0.3, 0.4) is 0 Å². The average molecular weight is 569 g/mol. The molecule has 1 aliphatic carbocycles. The predicted octanol–water partition coefficient (Wildman–Crippen LogP) is 3.62. The van der Waals surface area contributed by atoms with Crippen molar-refractivity contribution in [1.82, 2.24) is 34.3 Å². The maximum absolute atomic E-state index is 6.80. The summed E-state index contributed by atoms with van der Waals surface area (Å²) in [6.07, 6.45) is 8.66. The molecule has 0 amide bonds. The van der Waals surface area contributed by atoms with E-state index < -0.39 is 11.3 Å². The van der Waals surface area contributed by atoms with Crippen LogP contribution in [-0.2, 0) is 15.0 Å². The monoisotopic (exact) mass is 568 g/mol. The Labute approximate surface area is 245 Å². The van der Waals surface area contributed by atoms with Gasteiger partial charge in [-0.3, -0.25) is 4.98 Å². The fourth-order valence-electron chi connectivity index (χ4n) is 6.41. The summed E-state index contributed by atoms with van der Waals surface area (Å²) in [5.74, 6) is 1.02. The molecule has 0 bridgehead atoms. The molecule has 2 aromatic carbocycles. The summed E-state index contributed by atoms with van der Waals surface area (Å²) in [6.45, 7) is 1.24. The Morgan fingerprint density at radius 1 is 0.860 bits per heavy atom. The van der Waals surface area contributed by atoms with E-state index in [0.29, 0.717) is 43.5 Å². The third-order valence-corrected chi connectivity index (χ3v) is 8.49. The third kappa shape index (κ3) is 3.79. The van der Waals surface area contributed by atoms with Crippen LogP contribution in [0.15, 0.2) is 97.6 Å². The van der Waals surface area contributed by atoms with Crippen LogP contribution in [0.5, 0.6) is 0 Å². The van der Waals surface area contributed by atoms with Gasteiger partial charge >= 0.3 is 5.82 Å². The summed E-state index contributed by atoms with van der Waals surface area (Å²) in [7, 11) is 0. The molecule has 1 aliphatic heterocycles. The van der Waals surface area contributed by atoms with E-state index in [-0.39, 0.29) is 0 Å². The second-order valence-electron chi connectivity index (χ2n) is 11.2. The first-order chi connectivity index (χ1) is 21.1. The van der Waals surface area contributed by atoms with E-state index in [9.17, 15) is 0 Å². The molecule has 11 heteroatoms. The molecule has 2 aliphatic rings. The smallest absolute Gasteiger partial charge is 0.347 e. The summed E-state index contributed by atoms with van der Waals surface area (Å²) in [6, 6.07) is 24.4. The Morgan fingerprint density at radius 2 is 1.67 bits per heavy atom. The Hall–Kier alpha value is -5.10. The quantitative estimate of drug-likeness (QED) is 0.320. The molecule has 2 N–H and O–H groups in total. The minimum atomic E-state index is -0.532. The molecule has 0 atom stereocenters. The molecule has 6 heterocycles. The highest BCUT2D eigenvalue weighted by molar-refractivity contribution is 5.93. The lowest BCUT2D eigenvalue weighted by atomic mass is 9.68. The van der Waals surface area contributed by atoms with Crippen molar-refractivity contribution in [3.05, 3.63) is 103 Å². The number of hydrogen-bond donors (Lipinski definition) is 1. The van der Waals surface area contributed by atoms with Crippen LogP contribution in [0.2, 0.25) is 0 Å². The maximum atomic E-state index is 6.80. The SMILES string of the molecule is NC1(c2ccc(-n3nc(-c4nc5ncccn5n4)[n+]4ccc5ncc(-c6ccccc6)cc5c34)cc2)CC2(C1)OCCO2. The minimum Gasteiger partial charge on any atom is -0.347 e. The maximum Gasteiger partial charge on any atom is 0.353 e. The number of aromatic nitrogens is 8. The Balaban J connectivity index is 1.22. The van der Waals surface area contributed by atoms with Crippen molar-refractivity contribution in [3.8, 4) is 28.5 Å². The van der Waals surface area contributed by atoms with E-state index in [1.165, 1.54) is 0 Å². The molecule has 5 aromatic heterocycles. The van der Waals surface area contributed by atoms with Gasteiger partial charge in [-0.05, 0) is 41.5 Å². The lowest BCUT2D eigenvalue weighted by Crippen LogP contribution is -2.60. The molecule has 43 heavy (non-hydrogen) atoms. The van der Waals surface area contributed by atoms with E-state index in [1.807, 2.05) is 70.1 Å². The summed E-state index contributed by atoms with van der Waals surface area (Å²) >= 11 is 0. The second-order valence-corrected chi connectivity index (χ2v) is 11.2. The lowest BCUT2D eigenvalue weighted by Gasteiger charge is -2.50. The average Bonchev–Trinajstić information content (AvgIpc) is 3.78. The van der Waals surface area contributed by atoms with Gasteiger partial charge in [0.05, 0.1) is 41.0 Å². The van der Waals surface area contributed by atoms with Gasteiger partial charge in [0, 0.05) is 37.0 Å². The first kappa shape index (κ1) is 24.5. The third-order valence-electron chi connectivity index (χ3n) is 8.49. The highest BCUT2D eigenvalue weighted by atomic mass is 16.7. The van der Waals surface area contributed by atoms with Crippen LogP contribution in [0, 0.1) is 0 Å². The number of nitrogens with two attached hydrogens (primary N) is 1. The summed E-state index contributed by atoms with van der Waals surface area (Å²) in [5, 5.41) is 10.7. The molecule has 9 rings (SSSR count). The first-order valence-corrected chi connectivity index (χ1v) is 14.2. The van der Waals surface area contributed by atoms with E-state index in [2.05, 4.69) is 45.4 Å². The standard InChI is InChI=1S/C32H26N9O2/c33-31(19-32(20-31)42-15-16-43-32)23-7-9-24(10-8-23)41-29-25-17-22(21-5-2-1-3-6-21)18-35-26(25)11-14-39(29)28(38-41)27-36-30-34-12-4-13-40(30)37-27/h1-14,17-18H,15-16,19-20,33H2/q+1. The Kier molecular flexibility index (Phi) is 5.10. The molecular formula is C32H26N9O2+. The molecule has 7 aromatic rings. The van der Waals surface area contributed by atoms with Crippen molar-refractivity contribution in [2.45, 2.75) is 24.2 Å². The molecule has 11 nitrogen and oxygen atoms in total. The zero-order chi connectivity index (χ0) is 28.6. The van der Waals surface area contributed by atoms with Gasteiger partial charge in [0.1, 0.15) is 5.69 Å². The molecule has 1 spiro atoms. The largest absolute Gasteiger partial charge is 0.353 e. The Bertz CT molecular complexity index is 2130. The predicted molar refractivity (Wildman–Crippen MR) is 157 cm³/mol. The van der Waals surface area contributed by atoms with Gasteiger partial charge in [0.15, 0.2) is 5.79 Å². The van der Waals surface area contributed by atoms with Gasteiger partial charge in [-0.15, -0.1) is 5.10 Å².